The number of aromatic nitrogens is 2. The first-order chi connectivity index (χ1) is 9.95. The molecule has 5 heteroatoms. The van der Waals surface area contributed by atoms with Crippen molar-refractivity contribution in [3.8, 4) is 0 Å². The van der Waals surface area contributed by atoms with E-state index in [-0.39, 0.29) is 11.3 Å². The molecule has 2 rings (SSSR count). The first kappa shape index (κ1) is 16.0. The Morgan fingerprint density at radius 3 is 2.67 bits per heavy atom. The fourth-order valence-corrected chi connectivity index (χ4v) is 2.59. The van der Waals surface area contributed by atoms with Crippen molar-refractivity contribution in [2.24, 2.45) is 0 Å². The molecule has 0 aliphatic carbocycles. The van der Waals surface area contributed by atoms with Gasteiger partial charge < -0.3 is 14.8 Å². The van der Waals surface area contributed by atoms with E-state index in [2.05, 4.69) is 36.0 Å². The molecule has 1 fully saturated rings. The summed E-state index contributed by atoms with van der Waals surface area (Å²) in [4.78, 5) is 18.7. The fourth-order valence-electron chi connectivity index (χ4n) is 2.59. The molecule has 5 nitrogen and oxygen atoms in total. The van der Waals surface area contributed by atoms with Crippen LogP contribution in [-0.4, -0.2) is 46.5 Å². The second kappa shape index (κ2) is 7.07. The second-order valence-corrected chi connectivity index (χ2v) is 6.93. The zero-order valence-electron chi connectivity index (χ0n) is 13.6. The highest BCUT2D eigenvalue weighted by Crippen LogP contribution is 2.19. The second-order valence-electron chi connectivity index (χ2n) is 6.93. The van der Waals surface area contributed by atoms with E-state index in [4.69, 9.17) is 0 Å². The average Bonchev–Trinajstić information content (AvgIpc) is 3.04. The van der Waals surface area contributed by atoms with E-state index in [1.165, 1.54) is 25.9 Å². The molecule has 118 valence electrons. The number of imidazole rings is 1. The van der Waals surface area contributed by atoms with Gasteiger partial charge in [-0.15, -0.1) is 0 Å². The molecule has 1 saturated heterocycles. The van der Waals surface area contributed by atoms with Crippen molar-refractivity contribution in [1.29, 1.82) is 0 Å². The van der Waals surface area contributed by atoms with Gasteiger partial charge in [0.2, 0.25) is 5.91 Å². The minimum Gasteiger partial charge on any atom is -0.355 e. The number of nitrogens with zero attached hydrogens (tertiary/aromatic N) is 3. The van der Waals surface area contributed by atoms with Gasteiger partial charge in [0.25, 0.3) is 0 Å². The van der Waals surface area contributed by atoms with Crippen molar-refractivity contribution in [2.45, 2.75) is 52.0 Å². The highest BCUT2D eigenvalue weighted by Gasteiger charge is 2.17. The molecule has 0 aromatic carbocycles. The van der Waals surface area contributed by atoms with Gasteiger partial charge in [0, 0.05) is 18.2 Å². The van der Waals surface area contributed by atoms with Gasteiger partial charge in [-0.25, -0.2) is 4.98 Å². The van der Waals surface area contributed by atoms with Crippen molar-refractivity contribution in [1.82, 2.24) is 19.8 Å². The number of carbonyl (C=O) groups is 1. The van der Waals surface area contributed by atoms with Gasteiger partial charge in [0.1, 0.15) is 6.54 Å². The van der Waals surface area contributed by atoms with Crippen molar-refractivity contribution < 1.29 is 4.79 Å². The summed E-state index contributed by atoms with van der Waals surface area (Å²) in [5.74, 6) is 0.0641. The van der Waals surface area contributed by atoms with Gasteiger partial charge in [0.05, 0.1) is 12.0 Å². The van der Waals surface area contributed by atoms with Crippen molar-refractivity contribution in [2.75, 3.05) is 26.2 Å². The van der Waals surface area contributed by atoms with E-state index in [1.807, 2.05) is 10.8 Å². The van der Waals surface area contributed by atoms with Crippen molar-refractivity contribution >= 4 is 5.91 Å². The SMILES string of the molecule is CC(C)(C)c1cn(CC(=O)NCCCN2CCCC2)cn1. The Bertz CT molecular complexity index is 455. The van der Waals surface area contributed by atoms with Crippen LogP contribution in [0.25, 0.3) is 0 Å². The summed E-state index contributed by atoms with van der Waals surface area (Å²) in [7, 11) is 0. The predicted octanol–water partition coefficient (Wildman–Crippen LogP) is 1.78. The summed E-state index contributed by atoms with van der Waals surface area (Å²) in [5.41, 5.74) is 1.04. The van der Waals surface area contributed by atoms with Gasteiger partial charge in [-0.1, -0.05) is 20.8 Å². The van der Waals surface area contributed by atoms with Crippen LogP contribution >= 0.6 is 0 Å². The minimum atomic E-state index is 0.0253. The Kier molecular flexibility index (Phi) is 5.39. The molecule has 1 aromatic rings. The van der Waals surface area contributed by atoms with Crippen LogP contribution < -0.4 is 5.32 Å². The van der Waals surface area contributed by atoms with Crippen LogP contribution in [0, 0.1) is 0 Å². The predicted molar refractivity (Wildman–Crippen MR) is 84.2 cm³/mol. The monoisotopic (exact) mass is 292 g/mol. The van der Waals surface area contributed by atoms with Gasteiger partial charge in [0.15, 0.2) is 0 Å². The first-order valence-corrected chi connectivity index (χ1v) is 7.96. The standard InChI is InChI=1S/C16H28N4O/c1-16(2,3)14-11-20(13-18-14)12-15(21)17-7-6-10-19-8-4-5-9-19/h11,13H,4-10,12H2,1-3H3,(H,17,21). The molecule has 1 aliphatic rings. The summed E-state index contributed by atoms with van der Waals surface area (Å²) in [6.45, 7) is 11.0. The van der Waals surface area contributed by atoms with Crippen LogP contribution in [0.3, 0.4) is 0 Å². The molecule has 0 saturated carbocycles. The molecular formula is C16H28N4O. The molecule has 21 heavy (non-hydrogen) atoms. The number of likely N-dealkylation sites (tertiary alicyclic amines) is 1. The van der Waals surface area contributed by atoms with E-state index in [0.29, 0.717) is 6.54 Å². The van der Waals surface area contributed by atoms with Crippen LogP contribution in [-0.2, 0) is 16.8 Å². The minimum absolute atomic E-state index is 0.0253. The smallest absolute Gasteiger partial charge is 0.239 e. The fraction of sp³-hybridized carbons (Fsp3) is 0.750. The number of nitrogens with one attached hydrogen (secondary N) is 1. The van der Waals surface area contributed by atoms with Crippen LogP contribution in [0.2, 0.25) is 0 Å². The lowest BCUT2D eigenvalue weighted by Crippen LogP contribution is -2.30. The summed E-state index contributed by atoms with van der Waals surface area (Å²) < 4.78 is 1.86. The summed E-state index contributed by atoms with van der Waals surface area (Å²) in [5, 5.41) is 2.99. The van der Waals surface area contributed by atoms with Crippen LogP contribution in [0.5, 0.6) is 0 Å². The molecule has 0 radical (unpaired) electrons. The van der Waals surface area contributed by atoms with Crippen molar-refractivity contribution in [3.05, 3.63) is 18.2 Å². The Balaban J connectivity index is 1.66. The van der Waals surface area contributed by atoms with E-state index in [0.717, 1.165) is 25.2 Å². The molecular weight excluding hydrogens is 264 g/mol. The van der Waals surface area contributed by atoms with E-state index >= 15 is 0 Å². The summed E-state index contributed by atoms with van der Waals surface area (Å²) >= 11 is 0. The molecule has 0 atom stereocenters. The first-order valence-electron chi connectivity index (χ1n) is 7.96. The van der Waals surface area contributed by atoms with Gasteiger partial charge in [-0.2, -0.15) is 0 Å². The number of amides is 1. The lowest BCUT2D eigenvalue weighted by molar-refractivity contribution is -0.121. The van der Waals surface area contributed by atoms with Gasteiger partial charge in [-0.3, -0.25) is 4.79 Å². The average molecular weight is 292 g/mol. The number of rotatable bonds is 6. The Morgan fingerprint density at radius 1 is 1.33 bits per heavy atom. The molecule has 2 heterocycles. The molecule has 0 bridgehead atoms. The topological polar surface area (TPSA) is 50.2 Å². The third-order valence-corrected chi connectivity index (χ3v) is 3.90. The zero-order valence-corrected chi connectivity index (χ0v) is 13.6. The highest BCUT2D eigenvalue weighted by molar-refractivity contribution is 5.75. The Hall–Kier alpha value is -1.36. The lowest BCUT2D eigenvalue weighted by atomic mass is 9.93. The van der Waals surface area contributed by atoms with Crippen LogP contribution in [0.4, 0.5) is 0 Å². The summed E-state index contributed by atoms with van der Waals surface area (Å²) in [6, 6.07) is 0. The molecule has 1 aliphatic heterocycles. The molecule has 1 amide bonds. The molecule has 1 aromatic heterocycles. The van der Waals surface area contributed by atoms with Gasteiger partial charge >= 0.3 is 0 Å². The van der Waals surface area contributed by atoms with E-state index < -0.39 is 0 Å². The van der Waals surface area contributed by atoms with Gasteiger partial charge in [-0.05, 0) is 38.9 Å². The molecule has 1 N–H and O–H groups in total. The largest absolute Gasteiger partial charge is 0.355 e. The van der Waals surface area contributed by atoms with E-state index in [1.54, 1.807) is 6.33 Å². The number of carbonyl (C=O) groups excluding carboxylic acids is 1. The zero-order chi connectivity index (χ0) is 15.3. The van der Waals surface area contributed by atoms with Crippen molar-refractivity contribution in [3.63, 3.8) is 0 Å². The highest BCUT2D eigenvalue weighted by atomic mass is 16.1. The summed E-state index contributed by atoms with van der Waals surface area (Å²) in [6.07, 6.45) is 7.38. The number of hydrogen-bond acceptors (Lipinski definition) is 3. The Labute approximate surface area is 127 Å². The van der Waals surface area contributed by atoms with Crippen LogP contribution in [0.1, 0.15) is 45.7 Å². The lowest BCUT2D eigenvalue weighted by Gasteiger charge is -2.14. The third kappa shape index (κ3) is 5.16. The van der Waals surface area contributed by atoms with E-state index in [9.17, 15) is 4.79 Å². The normalized spacial score (nSPS) is 16.3. The maximum Gasteiger partial charge on any atom is 0.239 e. The third-order valence-electron chi connectivity index (χ3n) is 3.90. The number of hydrogen-bond donors (Lipinski definition) is 1. The molecule has 0 unspecified atom stereocenters. The quantitative estimate of drug-likeness (QED) is 0.813. The maximum absolute atomic E-state index is 11.9. The molecule has 0 spiro atoms. The van der Waals surface area contributed by atoms with Crippen LogP contribution in [0.15, 0.2) is 12.5 Å². The maximum atomic E-state index is 11.9. The Morgan fingerprint density at radius 2 is 2.05 bits per heavy atom.